The molecule has 0 radical (unpaired) electrons. The molecule has 0 saturated heterocycles. The lowest BCUT2D eigenvalue weighted by Gasteiger charge is -2.09. The maximum atomic E-state index is 11.7. The van der Waals surface area contributed by atoms with Crippen molar-refractivity contribution in [2.24, 2.45) is 11.7 Å². The van der Waals surface area contributed by atoms with Crippen molar-refractivity contribution in [2.75, 3.05) is 6.54 Å². The highest BCUT2D eigenvalue weighted by molar-refractivity contribution is 5.76. The van der Waals surface area contributed by atoms with E-state index in [1.54, 1.807) is 0 Å². The predicted molar refractivity (Wildman–Crippen MR) is 44.3 cm³/mol. The first kappa shape index (κ1) is 10.4. The minimum Gasteiger partial charge on any atom is -0.350 e. The Labute approximate surface area is 75.7 Å². The van der Waals surface area contributed by atoms with Crippen LogP contribution in [0.15, 0.2) is 0 Å². The fraction of sp³-hybridized carbons (Fsp3) is 0.875. The van der Waals surface area contributed by atoms with E-state index in [0.717, 1.165) is 12.8 Å². The van der Waals surface area contributed by atoms with Gasteiger partial charge in [-0.2, -0.15) is 0 Å². The molecule has 0 spiro atoms. The van der Waals surface area contributed by atoms with E-state index in [4.69, 9.17) is 5.73 Å². The topological polar surface area (TPSA) is 55.1 Å². The third kappa shape index (κ3) is 4.17. The Balaban J connectivity index is 2.09. The number of carbonyl (C=O) groups is 1. The zero-order chi connectivity index (χ0) is 9.84. The van der Waals surface area contributed by atoms with Crippen LogP contribution in [0.25, 0.3) is 0 Å². The zero-order valence-electron chi connectivity index (χ0n) is 7.30. The molecule has 3 N–H and O–H groups in total. The average molecular weight is 192 g/mol. The van der Waals surface area contributed by atoms with Crippen LogP contribution in [0.2, 0.25) is 0 Å². The molecular formula is C8H14F2N2O. The van der Waals surface area contributed by atoms with Gasteiger partial charge in [0.05, 0.1) is 6.54 Å². The molecular weight excluding hydrogens is 178 g/mol. The smallest absolute Gasteiger partial charge is 0.255 e. The summed E-state index contributed by atoms with van der Waals surface area (Å²) in [5.74, 6) is 0.0528. The van der Waals surface area contributed by atoms with Gasteiger partial charge in [-0.15, -0.1) is 0 Å². The number of hydrogen-bond donors (Lipinski definition) is 2. The van der Waals surface area contributed by atoms with Crippen molar-refractivity contribution in [1.82, 2.24) is 5.32 Å². The Hall–Kier alpha value is -0.710. The fourth-order valence-corrected chi connectivity index (χ4v) is 1.17. The molecule has 0 bridgehead atoms. The summed E-state index contributed by atoms with van der Waals surface area (Å²) in [5.41, 5.74) is 5.64. The lowest BCUT2D eigenvalue weighted by Crippen LogP contribution is -2.35. The Morgan fingerprint density at radius 1 is 1.54 bits per heavy atom. The van der Waals surface area contributed by atoms with Crippen LogP contribution >= 0.6 is 0 Å². The molecule has 1 amide bonds. The van der Waals surface area contributed by atoms with E-state index < -0.39 is 13.0 Å². The van der Waals surface area contributed by atoms with Gasteiger partial charge < -0.3 is 11.1 Å². The van der Waals surface area contributed by atoms with Gasteiger partial charge in [-0.1, -0.05) is 0 Å². The highest BCUT2D eigenvalue weighted by atomic mass is 19.3. The van der Waals surface area contributed by atoms with Crippen molar-refractivity contribution in [2.45, 2.75) is 31.7 Å². The van der Waals surface area contributed by atoms with Gasteiger partial charge in [-0.05, 0) is 18.8 Å². The molecule has 0 aliphatic heterocycles. The van der Waals surface area contributed by atoms with Crippen LogP contribution in [-0.2, 0) is 4.79 Å². The minimum absolute atomic E-state index is 0.155. The number of alkyl halides is 2. The van der Waals surface area contributed by atoms with Crippen LogP contribution in [0.4, 0.5) is 8.78 Å². The molecule has 1 fully saturated rings. The van der Waals surface area contributed by atoms with Crippen molar-refractivity contribution in [1.29, 1.82) is 0 Å². The lowest BCUT2D eigenvalue weighted by atomic mass is 10.1. The quantitative estimate of drug-likeness (QED) is 0.666. The second kappa shape index (κ2) is 4.50. The number of rotatable bonds is 5. The second-order valence-electron chi connectivity index (χ2n) is 3.40. The summed E-state index contributed by atoms with van der Waals surface area (Å²) >= 11 is 0. The van der Waals surface area contributed by atoms with E-state index in [2.05, 4.69) is 5.32 Å². The largest absolute Gasteiger partial charge is 0.350 e. The number of nitrogens with one attached hydrogen (secondary N) is 1. The van der Waals surface area contributed by atoms with Crippen LogP contribution in [0, 0.1) is 5.92 Å². The van der Waals surface area contributed by atoms with E-state index in [0.29, 0.717) is 5.92 Å². The predicted octanol–water partition coefficient (Wildman–Crippen LogP) is 0.495. The maximum Gasteiger partial charge on any atom is 0.255 e. The maximum absolute atomic E-state index is 11.7. The third-order valence-electron chi connectivity index (χ3n) is 2.10. The van der Waals surface area contributed by atoms with Gasteiger partial charge in [0.25, 0.3) is 6.43 Å². The Bertz CT molecular complexity index is 183. The van der Waals surface area contributed by atoms with Crippen LogP contribution in [0.5, 0.6) is 0 Å². The molecule has 5 heteroatoms. The molecule has 76 valence electrons. The Morgan fingerprint density at radius 2 is 2.15 bits per heavy atom. The Kier molecular flexibility index (Phi) is 3.59. The monoisotopic (exact) mass is 192 g/mol. The van der Waals surface area contributed by atoms with Crippen molar-refractivity contribution >= 4 is 5.91 Å². The van der Waals surface area contributed by atoms with Gasteiger partial charge in [0.15, 0.2) is 0 Å². The minimum atomic E-state index is -2.49. The molecule has 0 aromatic carbocycles. The van der Waals surface area contributed by atoms with E-state index in [9.17, 15) is 13.6 Å². The standard InChI is InChI=1S/C8H14F2N2O/c9-7(10)4-12-8(13)3-6(11)5-1-2-5/h5-7H,1-4,11H2,(H,12,13). The van der Waals surface area contributed by atoms with Gasteiger partial charge >= 0.3 is 0 Å². The lowest BCUT2D eigenvalue weighted by molar-refractivity contribution is -0.122. The molecule has 1 rings (SSSR count). The number of hydrogen-bond acceptors (Lipinski definition) is 2. The van der Waals surface area contributed by atoms with E-state index in [1.807, 2.05) is 0 Å². The third-order valence-corrected chi connectivity index (χ3v) is 2.10. The first-order valence-corrected chi connectivity index (χ1v) is 4.40. The SMILES string of the molecule is NC(CC(=O)NCC(F)F)C1CC1. The first-order chi connectivity index (χ1) is 6.09. The van der Waals surface area contributed by atoms with Gasteiger partial charge in [0.2, 0.25) is 5.91 Å². The molecule has 13 heavy (non-hydrogen) atoms. The highest BCUT2D eigenvalue weighted by Crippen LogP contribution is 2.32. The van der Waals surface area contributed by atoms with Crippen LogP contribution in [0.3, 0.4) is 0 Å². The second-order valence-corrected chi connectivity index (χ2v) is 3.40. The summed E-state index contributed by atoms with van der Waals surface area (Å²) in [6.45, 7) is -0.573. The highest BCUT2D eigenvalue weighted by Gasteiger charge is 2.29. The molecule has 0 aromatic rings. The molecule has 0 aromatic heterocycles. The van der Waals surface area contributed by atoms with Crippen molar-refractivity contribution in [3.63, 3.8) is 0 Å². The normalized spacial score (nSPS) is 18.8. The van der Waals surface area contributed by atoms with Gasteiger partial charge in [-0.3, -0.25) is 4.79 Å². The molecule has 1 atom stereocenters. The number of halogens is 2. The summed E-state index contributed by atoms with van der Waals surface area (Å²) in [7, 11) is 0. The summed E-state index contributed by atoms with van der Waals surface area (Å²) in [6.07, 6.45) is -0.203. The van der Waals surface area contributed by atoms with Crippen molar-refractivity contribution < 1.29 is 13.6 Å². The fourth-order valence-electron chi connectivity index (χ4n) is 1.17. The summed E-state index contributed by atoms with van der Waals surface area (Å²) in [6, 6.07) is -0.155. The molecule has 0 heterocycles. The molecule has 1 unspecified atom stereocenters. The van der Waals surface area contributed by atoms with Crippen molar-refractivity contribution in [3.05, 3.63) is 0 Å². The van der Waals surface area contributed by atoms with Gasteiger partial charge in [0, 0.05) is 12.5 Å². The zero-order valence-corrected chi connectivity index (χ0v) is 7.30. The van der Waals surface area contributed by atoms with E-state index in [1.165, 1.54) is 0 Å². The van der Waals surface area contributed by atoms with Crippen molar-refractivity contribution in [3.8, 4) is 0 Å². The van der Waals surface area contributed by atoms with E-state index >= 15 is 0 Å². The Morgan fingerprint density at radius 3 is 2.62 bits per heavy atom. The van der Waals surface area contributed by atoms with Crippen LogP contribution < -0.4 is 11.1 Å². The number of amides is 1. The molecule has 1 aliphatic rings. The summed E-state index contributed by atoms with van der Waals surface area (Å²) in [5, 5.41) is 2.13. The molecule has 1 saturated carbocycles. The number of nitrogens with two attached hydrogens (primary N) is 1. The molecule has 1 aliphatic carbocycles. The van der Waals surface area contributed by atoms with Gasteiger partial charge in [-0.25, -0.2) is 8.78 Å². The number of carbonyl (C=O) groups excluding carboxylic acids is 1. The summed E-state index contributed by atoms with van der Waals surface area (Å²) < 4.78 is 23.3. The van der Waals surface area contributed by atoms with Gasteiger partial charge in [0.1, 0.15) is 0 Å². The van der Waals surface area contributed by atoms with Crippen LogP contribution in [-0.4, -0.2) is 24.9 Å². The first-order valence-electron chi connectivity index (χ1n) is 4.40. The average Bonchev–Trinajstić information content (AvgIpc) is 2.82. The molecule has 3 nitrogen and oxygen atoms in total. The van der Waals surface area contributed by atoms with Crippen LogP contribution in [0.1, 0.15) is 19.3 Å². The van der Waals surface area contributed by atoms with E-state index in [-0.39, 0.29) is 18.4 Å². The summed E-state index contributed by atoms with van der Waals surface area (Å²) in [4.78, 5) is 11.0.